The number of rotatable bonds is 5. The summed E-state index contributed by atoms with van der Waals surface area (Å²) in [6, 6.07) is 0.517. The summed E-state index contributed by atoms with van der Waals surface area (Å²) >= 11 is 0. The lowest BCUT2D eigenvalue weighted by Gasteiger charge is -2.27. The molecule has 0 atom stereocenters. The summed E-state index contributed by atoms with van der Waals surface area (Å²) in [7, 11) is 1.78. The van der Waals surface area contributed by atoms with Crippen molar-refractivity contribution in [2.75, 3.05) is 26.7 Å². The van der Waals surface area contributed by atoms with Crippen LogP contribution in [0.3, 0.4) is 0 Å². The molecule has 2 N–H and O–H groups in total. The molecular formula is C17H35IN4O2. The van der Waals surface area contributed by atoms with Gasteiger partial charge >= 0.3 is 6.09 Å². The SMILES string of the molecule is CCN(CCNC(=NC)NC1CCCCC1)C(=O)OC(C)(C)C.I. The first-order chi connectivity index (χ1) is 10.9. The maximum absolute atomic E-state index is 12.1. The predicted octanol–water partition coefficient (Wildman–Crippen LogP) is 3.36. The number of halogens is 1. The van der Waals surface area contributed by atoms with Gasteiger partial charge in [-0.3, -0.25) is 4.99 Å². The van der Waals surface area contributed by atoms with Crippen molar-refractivity contribution >= 4 is 36.0 Å². The van der Waals surface area contributed by atoms with Crippen molar-refractivity contribution in [1.82, 2.24) is 15.5 Å². The normalized spacial score (nSPS) is 16.1. The van der Waals surface area contributed by atoms with E-state index in [1.165, 1.54) is 32.1 Å². The van der Waals surface area contributed by atoms with E-state index in [4.69, 9.17) is 4.74 Å². The zero-order valence-electron chi connectivity index (χ0n) is 15.9. The van der Waals surface area contributed by atoms with Crippen LogP contribution in [0.25, 0.3) is 0 Å². The number of likely N-dealkylation sites (N-methyl/N-ethyl adjacent to an activating group) is 1. The average molecular weight is 454 g/mol. The second-order valence-electron chi connectivity index (χ2n) is 7.04. The second kappa shape index (κ2) is 11.8. The maximum Gasteiger partial charge on any atom is 0.410 e. The third-order valence-electron chi connectivity index (χ3n) is 3.88. The Labute approximate surface area is 164 Å². The van der Waals surface area contributed by atoms with E-state index in [9.17, 15) is 4.79 Å². The minimum Gasteiger partial charge on any atom is -0.444 e. The Morgan fingerprint density at radius 3 is 2.38 bits per heavy atom. The van der Waals surface area contributed by atoms with Gasteiger partial charge in [0.15, 0.2) is 5.96 Å². The molecule has 6 nitrogen and oxygen atoms in total. The van der Waals surface area contributed by atoms with E-state index in [1.807, 2.05) is 27.7 Å². The molecule has 0 aliphatic heterocycles. The molecule has 0 bridgehead atoms. The van der Waals surface area contributed by atoms with E-state index < -0.39 is 5.60 Å². The Morgan fingerprint density at radius 2 is 1.88 bits per heavy atom. The van der Waals surface area contributed by atoms with E-state index in [1.54, 1.807) is 11.9 Å². The van der Waals surface area contributed by atoms with Gasteiger partial charge in [-0.15, -0.1) is 24.0 Å². The summed E-state index contributed by atoms with van der Waals surface area (Å²) in [4.78, 5) is 18.1. The van der Waals surface area contributed by atoms with E-state index >= 15 is 0 Å². The molecular weight excluding hydrogens is 419 g/mol. The van der Waals surface area contributed by atoms with E-state index in [0.717, 1.165) is 5.96 Å². The Balaban J connectivity index is 0.00000529. The van der Waals surface area contributed by atoms with Crippen LogP contribution in [0.4, 0.5) is 4.79 Å². The highest BCUT2D eigenvalue weighted by atomic mass is 127. The van der Waals surface area contributed by atoms with Crippen LogP contribution in [0.2, 0.25) is 0 Å². The molecule has 142 valence electrons. The molecule has 0 unspecified atom stereocenters. The van der Waals surface area contributed by atoms with Crippen molar-refractivity contribution in [3.63, 3.8) is 0 Å². The highest BCUT2D eigenvalue weighted by molar-refractivity contribution is 14.0. The van der Waals surface area contributed by atoms with Crippen molar-refractivity contribution in [2.45, 2.75) is 71.4 Å². The zero-order chi connectivity index (χ0) is 17.3. The first-order valence-corrected chi connectivity index (χ1v) is 8.81. The number of aliphatic imine (C=N–C) groups is 1. The average Bonchev–Trinajstić information content (AvgIpc) is 2.49. The molecule has 7 heteroatoms. The summed E-state index contributed by atoms with van der Waals surface area (Å²) in [5, 5.41) is 6.76. The minimum atomic E-state index is -0.462. The van der Waals surface area contributed by atoms with Crippen molar-refractivity contribution in [3.8, 4) is 0 Å². The maximum atomic E-state index is 12.1. The summed E-state index contributed by atoms with van der Waals surface area (Å²) in [5.74, 6) is 0.817. The van der Waals surface area contributed by atoms with E-state index in [0.29, 0.717) is 25.7 Å². The highest BCUT2D eigenvalue weighted by Crippen LogP contribution is 2.17. The van der Waals surface area contributed by atoms with Crippen molar-refractivity contribution < 1.29 is 9.53 Å². The number of nitrogens with one attached hydrogen (secondary N) is 2. The number of nitrogens with zero attached hydrogens (tertiary/aromatic N) is 2. The molecule has 24 heavy (non-hydrogen) atoms. The predicted molar refractivity (Wildman–Crippen MR) is 110 cm³/mol. The van der Waals surface area contributed by atoms with Crippen molar-refractivity contribution in [3.05, 3.63) is 0 Å². The van der Waals surface area contributed by atoms with Crippen LogP contribution in [-0.4, -0.2) is 55.3 Å². The lowest BCUT2D eigenvalue weighted by atomic mass is 9.96. The molecule has 0 heterocycles. The molecule has 0 spiro atoms. The molecule has 1 amide bonds. The van der Waals surface area contributed by atoms with Crippen LogP contribution in [-0.2, 0) is 4.74 Å². The number of carbonyl (C=O) groups excluding carboxylic acids is 1. The van der Waals surface area contributed by atoms with Crippen LogP contribution < -0.4 is 10.6 Å². The molecule has 1 rings (SSSR count). The van der Waals surface area contributed by atoms with E-state index in [-0.39, 0.29) is 30.1 Å². The molecule has 1 fully saturated rings. The number of amides is 1. The van der Waals surface area contributed by atoms with Crippen LogP contribution in [0.1, 0.15) is 59.8 Å². The summed E-state index contributed by atoms with van der Waals surface area (Å²) in [6.07, 6.45) is 6.07. The Morgan fingerprint density at radius 1 is 1.25 bits per heavy atom. The van der Waals surface area contributed by atoms with Crippen molar-refractivity contribution in [2.24, 2.45) is 4.99 Å². The summed E-state index contributed by atoms with van der Waals surface area (Å²) in [5.41, 5.74) is -0.462. The van der Waals surface area contributed by atoms with Gasteiger partial charge in [-0.1, -0.05) is 19.3 Å². The van der Waals surface area contributed by atoms with Gasteiger partial charge in [0.1, 0.15) is 5.60 Å². The van der Waals surface area contributed by atoms with Gasteiger partial charge in [-0.05, 0) is 40.5 Å². The van der Waals surface area contributed by atoms with Crippen LogP contribution in [0.15, 0.2) is 4.99 Å². The molecule has 0 saturated heterocycles. The van der Waals surface area contributed by atoms with Crippen LogP contribution >= 0.6 is 24.0 Å². The quantitative estimate of drug-likeness (QED) is 0.380. The topological polar surface area (TPSA) is 66.0 Å². The second-order valence-corrected chi connectivity index (χ2v) is 7.04. The number of carbonyl (C=O) groups is 1. The lowest BCUT2D eigenvalue weighted by molar-refractivity contribution is 0.0264. The molecule has 0 radical (unpaired) electrons. The minimum absolute atomic E-state index is 0. The van der Waals surface area contributed by atoms with Gasteiger partial charge in [0, 0.05) is 32.7 Å². The Bertz CT molecular complexity index is 391. The van der Waals surface area contributed by atoms with Gasteiger partial charge in [0.25, 0.3) is 0 Å². The summed E-state index contributed by atoms with van der Waals surface area (Å²) in [6.45, 7) is 9.48. The standard InChI is InChI=1S/C17H34N4O2.HI/c1-6-21(16(22)23-17(2,3)4)13-12-19-15(18-5)20-14-10-8-7-9-11-14;/h14H,6-13H2,1-5H3,(H2,18,19,20);1H. The van der Waals surface area contributed by atoms with Crippen LogP contribution in [0, 0.1) is 0 Å². The van der Waals surface area contributed by atoms with Gasteiger partial charge in [-0.25, -0.2) is 4.79 Å². The third kappa shape index (κ3) is 9.54. The fraction of sp³-hybridized carbons (Fsp3) is 0.882. The number of hydrogen-bond acceptors (Lipinski definition) is 3. The van der Waals surface area contributed by atoms with Crippen LogP contribution in [0.5, 0.6) is 0 Å². The monoisotopic (exact) mass is 454 g/mol. The smallest absolute Gasteiger partial charge is 0.410 e. The third-order valence-corrected chi connectivity index (χ3v) is 3.88. The molecule has 1 aliphatic carbocycles. The fourth-order valence-corrected chi connectivity index (χ4v) is 2.65. The molecule has 0 aromatic carbocycles. The molecule has 1 aliphatic rings. The first kappa shape index (κ1) is 23.3. The number of hydrogen-bond donors (Lipinski definition) is 2. The molecule has 1 saturated carbocycles. The number of ether oxygens (including phenoxy) is 1. The first-order valence-electron chi connectivity index (χ1n) is 8.81. The van der Waals surface area contributed by atoms with Gasteiger partial charge in [0.2, 0.25) is 0 Å². The Hall–Kier alpha value is -0.730. The van der Waals surface area contributed by atoms with Crippen molar-refractivity contribution in [1.29, 1.82) is 0 Å². The highest BCUT2D eigenvalue weighted by Gasteiger charge is 2.21. The summed E-state index contributed by atoms with van der Waals surface area (Å²) < 4.78 is 5.41. The largest absolute Gasteiger partial charge is 0.444 e. The fourth-order valence-electron chi connectivity index (χ4n) is 2.65. The van der Waals surface area contributed by atoms with Gasteiger partial charge in [0.05, 0.1) is 0 Å². The van der Waals surface area contributed by atoms with Gasteiger partial charge in [-0.2, -0.15) is 0 Å². The molecule has 0 aromatic rings. The lowest BCUT2D eigenvalue weighted by Crippen LogP contribution is -2.47. The van der Waals surface area contributed by atoms with Gasteiger partial charge < -0.3 is 20.3 Å². The van der Waals surface area contributed by atoms with E-state index in [2.05, 4.69) is 15.6 Å². The Kier molecular flexibility index (Phi) is 11.4. The number of guanidine groups is 1. The molecule has 0 aromatic heterocycles. The zero-order valence-corrected chi connectivity index (χ0v) is 18.2.